The smallest absolute Gasteiger partial charge is 0.550 e. The fourth-order valence-electron chi connectivity index (χ4n) is 3.39. The second-order valence-corrected chi connectivity index (χ2v) is 7.76. The van der Waals surface area contributed by atoms with Gasteiger partial charge < -0.3 is 25.0 Å². The Labute approximate surface area is 218 Å². The van der Waals surface area contributed by atoms with Crippen LogP contribution in [-0.4, -0.2) is 52.0 Å². The molecule has 0 aliphatic carbocycles. The van der Waals surface area contributed by atoms with Crippen molar-refractivity contribution in [3.05, 3.63) is 66.2 Å². The maximum absolute atomic E-state index is 13.6. The van der Waals surface area contributed by atoms with Crippen LogP contribution in [0.15, 0.2) is 54.6 Å². The fraction of sp³-hybridized carbons (Fsp3) is 0.250. The van der Waals surface area contributed by atoms with Crippen LogP contribution in [0.3, 0.4) is 0 Å². The predicted molar refractivity (Wildman–Crippen MR) is 119 cm³/mol. The summed E-state index contributed by atoms with van der Waals surface area (Å²) in [6, 6.07) is 11.6. The van der Waals surface area contributed by atoms with Crippen molar-refractivity contribution in [2.24, 2.45) is 0 Å². The normalized spacial score (nSPS) is 12.9. The molecule has 2 aromatic carbocycles. The molecule has 0 saturated heterocycles. The average Bonchev–Trinajstić information content (AvgIpc) is 3.12. The van der Waals surface area contributed by atoms with Crippen molar-refractivity contribution in [2.75, 3.05) is 19.0 Å². The van der Waals surface area contributed by atoms with Gasteiger partial charge in [0, 0.05) is 50.2 Å². The number of aliphatic hydroxyl groups excluding tert-OH is 2. The first-order valence-electron chi connectivity index (χ1n) is 10.2. The van der Waals surface area contributed by atoms with Gasteiger partial charge in [-0.1, -0.05) is 0 Å². The van der Waals surface area contributed by atoms with Crippen LogP contribution in [0.4, 0.5) is 14.7 Å². The first-order chi connectivity index (χ1) is 15.7. The van der Waals surface area contributed by atoms with E-state index in [2.05, 4.69) is 0 Å². The number of anilines is 1. The number of aromatic nitrogens is 2. The molecule has 0 aliphatic heterocycles. The molecule has 0 fully saturated rings. The van der Waals surface area contributed by atoms with Crippen LogP contribution in [0.5, 0.6) is 0 Å². The number of aliphatic carboxylic acids is 1. The van der Waals surface area contributed by atoms with Gasteiger partial charge in [-0.25, -0.2) is 13.8 Å². The monoisotopic (exact) mass is 479 g/mol. The maximum atomic E-state index is 13.6. The number of imidazole rings is 1. The first kappa shape index (κ1) is 27.7. The Morgan fingerprint density at radius 3 is 2.09 bits per heavy atom. The van der Waals surface area contributed by atoms with E-state index in [0.717, 1.165) is 0 Å². The minimum absolute atomic E-state index is 0. The molecule has 10 heteroatoms. The molecule has 0 aliphatic rings. The number of hydrogen-bond acceptors (Lipinski definition) is 6. The van der Waals surface area contributed by atoms with E-state index < -0.39 is 36.2 Å². The quantitative estimate of drug-likeness (QED) is 0.393. The predicted octanol–water partition coefficient (Wildman–Crippen LogP) is -0.712. The molecule has 1 aromatic heterocycles. The molecule has 0 saturated carbocycles. The number of nitrogens with zero attached hydrogens (tertiary/aromatic N) is 3. The summed E-state index contributed by atoms with van der Waals surface area (Å²) in [4.78, 5) is 17.1. The Hall–Kier alpha value is -2.56. The molecule has 0 amide bonds. The summed E-state index contributed by atoms with van der Waals surface area (Å²) in [5, 5.41) is 30.7. The number of carbonyl (C=O) groups excluding carboxylic acids is 1. The van der Waals surface area contributed by atoms with Gasteiger partial charge in [0.2, 0.25) is 5.95 Å². The van der Waals surface area contributed by atoms with E-state index in [-0.39, 0.29) is 36.0 Å². The van der Waals surface area contributed by atoms with Crippen LogP contribution in [0.2, 0.25) is 0 Å². The number of benzene rings is 2. The standard InChI is InChI=1S/C24H25F2N3O4.Na/c1-28(2)24-27-22(15-3-7-17(25)8-4-15)23(16-5-9-18(26)10-6-16)29(24)12-11-19(30)13-20(31)14-21(32)33;/h3-12,19-20,30-31H,13-14H2,1-2H3,(H,32,33);/q;+1/p-1/b12-11+;/t19-,20-;/m1./s1. The van der Waals surface area contributed by atoms with Gasteiger partial charge in [0.1, 0.15) is 11.6 Å². The molecule has 2 N–H and O–H groups in total. The summed E-state index contributed by atoms with van der Waals surface area (Å²) in [6.07, 6.45) is -0.259. The second kappa shape index (κ2) is 12.2. The molecule has 3 rings (SSSR count). The zero-order valence-corrected chi connectivity index (χ0v) is 21.2. The average molecular weight is 479 g/mol. The molecule has 0 radical (unpaired) electrons. The van der Waals surface area contributed by atoms with E-state index in [4.69, 9.17) is 4.98 Å². The molecule has 3 aromatic rings. The molecule has 174 valence electrons. The van der Waals surface area contributed by atoms with Gasteiger partial charge in [0.05, 0.1) is 23.6 Å². The van der Waals surface area contributed by atoms with Gasteiger partial charge in [0.15, 0.2) is 0 Å². The van der Waals surface area contributed by atoms with Crippen LogP contribution >= 0.6 is 0 Å². The Morgan fingerprint density at radius 1 is 1.06 bits per heavy atom. The Morgan fingerprint density at radius 2 is 1.59 bits per heavy atom. The fourth-order valence-corrected chi connectivity index (χ4v) is 3.39. The number of carbonyl (C=O) groups is 1. The molecule has 2 atom stereocenters. The molecule has 0 spiro atoms. The molecular weight excluding hydrogens is 455 g/mol. The number of carboxylic acid groups (broad SMARTS) is 1. The summed E-state index contributed by atoms with van der Waals surface area (Å²) < 4.78 is 28.8. The van der Waals surface area contributed by atoms with Crippen molar-refractivity contribution in [2.45, 2.75) is 25.0 Å². The Balaban J connectivity index is 0.00000408. The third-order valence-electron chi connectivity index (χ3n) is 4.90. The number of rotatable bonds is 9. The third-order valence-corrected chi connectivity index (χ3v) is 4.90. The van der Waals surface area contributed by atoms with Crippen LogP contribution in [0.25, 0.3) is 28.7 Å². The molecule has 34 heavy (non-hydrogen) atoms. The second-order valence-electron chi connectivity index (χ2n) is 7.76. The first-order valence-corrected chi connectivity index (χ1v) is 10.2. The van der Waals surface area contributed by atoms with Gasteiger partial charge in [-0.15, -0.1) is 0 Å². The summed E-state index contributed by atoms with van der Waals surface area (Å²) in [6.45, 7) is 0. The summed E-state index contributed by atoms with van der Waals surface area (Å²) in [5.41, 5.74) is 2.36. The van der Waals surface area contributed by atoms with E-state index in [1.165, 1.54) is 30.3 Å². The van der Waals surface area contributed by atoms with Crippen LogP contribution in [-0.2, 0) is 4.79 Å². The minimum atomic E-state index is -1.41. The maximum Gasteiger partial charge on any atom is 1.00 e. The minimum Gasteiger partial charge on any atom is -0.550 e. The van der Waals surface area contributed by atoms with E-state index in [0.29, 0.717) is 28.5 Å². The topological polar surface area (TPSA) is 102 Å². The van der Waals surface area contributed by atoms with Crippen LogP contribution in [0.1, 0.15) is 12.8 Å². The number of carboxylic acids is 1. The van der Waals surface area contributed by atoms with E-state index >= 15 is 0 Å². The number of hydrogen-bond donors (Lipinski definition) is 2. The van der Waals surface area contributed by atoms with Crippen molar-refractivity contribution in [3.8, 4) is 22.5 Å². The van der Waals surface area contributed by atoms with Crippen molar-refractivity contribution >= 4 is 18.1 Å². The van der Waals surface area contributed by atoms with Gasteiger partial charge in [-0.05, 0) is 54.6 Å². The summed E-state index contributed by atoms with van der Waals surface area (Å²) in [7, 11) is 3.55. The Bertz CT molecular complexity index is 1130. The van der Waals surface area contributed by atoms with E-state index in [1.54, 1.807) is 54.0 Å². The molecule has 0 unspecified atom stereocenters. The number of aliphatic hydroxyl groups is 2. The van der Waals surface area contributed by atoms with Crippen molar-refractivity contribution < 1.29 is 58.5 Å². The zero-order valence-electron chi connectivity index (χ0n) is 19.2. The largest absolute Gasteiger partial charge is 1.00 e. The SMILES string of the molecule is CN(C)c1nc(-c2ccc(F)cc2)c(-c2ccc(F)cc2)n1/C=C/[C@@H](O)C[C@@H](O)CC(=O)[O-].[Na+]. The molecular formula is C24H24F2N3NaO4. The van der Waals surface area contributed by atoms with Crippen LogP contribution < -0.4 is 39.6 Å². The van der Waals surface area contributed by atoms with Crippen molar-refractivity contribution in [3.63, 3.8) is 0 Å². The summed E-state index contributed by atoms with van der Waals surface area (Å²) in [5.74, 6) is -1.74. The zero-order chi connectivity index (χ0) is 24.1. The molecule has 1 heterocycles. The van der Waals surface area contributed by atoms with Gasteiger partial charge in [-0.3, -0.25) is 4.57 Å². The van der Waals surface area contributed by atoms with Gasteiger partial charge in [0.25, 0.3) is 0 Å². The Kier molecular flexibility index (Phi) is 9.96. The van der Waals surface area contributed by atoms with Crippen molar-refractivity contribution in [1.82, 2.24) is 9.55 Å². The van der Waals surface area contributed by atoms with Gasteiger partial charge >= 0.3 is 29.6 Å². The van der Waals surface area contributed by atoms with E-state index in [9.17, 15) is 28.9 Å². The molecule has 7 nitrogen and oxygen atoms in total. The third kappa shape index (κ3) is 6.97. The van der Waals surface area contributed by atoms with Crippen LogP contribution in [0, 0.1) is 11.6 Å². The van der Waals surface area contributed by atoms with Gasteiger partial charge in [-0.2, -0.15) is 0 Å². The van der Waals surface area contributed by atoms with E-state index in [1.807, 2.05) is 0 Å². The number of halogens is 2. The van der Waals surface area contributed by atoms with Crippen molar-refractivity contribution in [1.29, 1.82) is 0 Å². The molecule has 0 bridgehead atoms. The summed E-state index contributed by atoms with van der Waals surface area (Å²) >= 11 is 0.